The Morgan fingerprint density at radius 1 is 1.50 bits per heavy atom. The first-order valence-electron chi connectivity index (χ1n) is 4.32. The van der Waals surface area contributed by atoms with Crippen molar-refractivity contribution in [2.45, 2.75) is 25.8 Å². The molecule has 1 saturated heterocycles. The van der Waals surface area contributed by atoms with Gasteiger partial charge in [-0.15, -0.1) is 0 Å². The van der Waals surface area contributed by atoms with Gasteiger partial charge >= 0.3 is 0 Å². The third-order valence-electron chi connectivity index (χ3n) is 2.12. The first-order chi connectivity index (χ1) is 5.86. The largest absolute Gasteiger partial charge is 0.242 e. The van der Waals surface area contributed by atoms with E-state index in [1.54, 1.807) is 0 Å². The summed E-state index contributed by atoms with van der Waals surface area (Å²) in [6.07, 6.45) is 4.16. The van der Waals surface area contributed by atoms with Gasteiger partial charge in [-0.05, 0) is 25.8 Å². The van der Waals surface area contributed by atoms with E-state index >= 15 is 0 Å². The van der Waals surface area contributed by atoms with Crippen LogP contribution in [0.5, 0.6) is 0 Å². The molecule has 63 valence electrons. The molecule has 2 heterocycles. The van der Waals surface area contributed by atoms with Crippen LogP contribution in [0.15, 0.2) is 12.3 Å². The summed E-state index contributed by atoms with van der Waals surface area (Å²) in [6, 6.07) is 2.30. The van der Waals surface area contributed by atoms with Crippen molar-refractivity contribution in [3.05, 3.63) is 23.8 Å². The molecule has 0 saturated carbocycles. The van der Waals surface area contributed by atoms with E-state index in [2.05, 4.69) is 15.3 Å². The zero-order valence-electron chi connectivity index (χ0n) is 7.20. The minimum absolute atomic E-state index is 0.340. The van der Waals surface area contributed by atoms with E-state index in [1.165, 1.54) is 6.42 Å². The van der Waals surface area contributed by atoms with Crippen molar-refractivity contribution in [1.82, 2.24) is 15.3 Å². The number of aromatic nitrogens is 2. The van der Waals surface area contributed by atoms with Crippen LogP contribution in [0.3, 0.4) is 0 Å². The van der Waals surface area contributed by atoms with Crippen LogP contribution in [0.4, 0.5) is 0 Å². The highest BCUT2D eigenvalue weighted by atomic mass is 15.0. The van der Waals surface area contributed by atoms with Crippen LogP contribution in [-0.2, 0) is 0 Å². The van der Waals surface area contributed by atoms with E-state index in [-0.39, 0.29) is 0 Å². The molecule has 1 aromatic rings. The maximum Gasteiger partial charge on any atom is 0.125 e. The minimum Gasteiger partial charge on any atom is -0.242 e. The molecule has 1 atom stereocenters. The molecule has 0 N–H and O–H groups in total. The molecule has 0 aliphatic carbocycles. The summed E-state index contributed by atoms with van der Waals surface area (Å²) in [5.74, 6) is 0.842. The lowest BCUT2D eigenvalue weighted by molar-refractivity contribution is 0.611. The van der Waals surface area contributed by atoms with Crippen LogP contribution in [0, 0.1) is 6.92 Å². The normalized spacial score (nSPS) is 22.9. The molecule has 3 heteroatoms. The van der Waals surface area contributed by atoms with Gasteiger partial charge in [0.2, 0.25) is 0 Å². The predicted molar refractivity (Wildman–Crippen MR) is 45.7 cm³/mol. The fraction of sp³-hybridized carbons (Fsp3) is 0.556. The highest BCUT2D eigenvalue weighted by Crippen LogP contribution is 2.22. The highest BCUT2D eigenvalue weighted by molar-refractivity contribution is 5.08. The predicted octanol–water partition coefficient (Wildman–Crippen LogP) is 1.22. The molecule has 1 radical (unpaired) electrons. The molecule has 12 heavy (non-hydrogen) atoms. The zero-order valence-corrected chi connectivity index (χ0v) is 7.20. The average molecular weight is 162 g/mol. The Balaban J connectivity index is 2.21. The monoisotopic (exact) mass is 162 g/mol. The van der Waals surface area contributed by atoms with Crippen LogP contribution in [0.1, 0.15) is 30.4 Å². The summed E-state index contributed by atoms with van der Waals surface area (Å²) in [6.45, 7) is 2.91. The fourth-order valence-electron chi connectivity index (χ4n) is 1.52. The van der Waals surface area contributed by atoms with Gasteiger partial charge in [-0.3, -0.25) is 0 Å². The third-order valence-corrected chi connectivity index (χ3v) is 2.12. The van der Waals surface area contributed by atoms with Gasteiger partial charge in [0.1, 0.15) is 5.82 Å². The van der Waals surface area contributed by atoms with E-state index in [1.807, 2.05) is 19.2 Å². The van der Waals surface area contributed by atoms with Gasteiger partial charge in [0.15, 0.2) is 0 Å². The lowest BCUT2D eigenvalue weighted by Crippen LogP contribution is -2.08. The summed E-state index contributed by atoms with van der Waals surface area (Å²) in [5, 5.41) is 4.46. The van der Waals surface area contributed by atoms with E-state index in [0.717, 1.165) is 24.5 Å². The number of nitrogens with zero attached hydrogens (tertiary/aromatic N) is 3. The van der Waals surface area contributed by atoms with E-state index in [0.29, 0.717) is 6.04 Å². The molecule has 0 spiro atoms. The molecule has 3 nitrogen and oxygen atoms in total. The molecule has 0 amide bonds. The van der Waals surface area contributed by atoms with Gasteiger partial charge in [-0.25, -0.2) is 15.3 Å². The molecular weight excluding hydrogens is 150 g/mol. The van der Waals surface area contributed by atoms with Gasteiger partial charge in [-0.1, -0.05) is 0 Å². The molecule has 0 bridgehead atoms. The van der Waals surface area contributed by atoms with Crippen LogP contribution in [0.25, 0.3) is 0 Å². The summed E-state index contributed by atoms with van der Waals surface area (Å²) < 4.78 is 0. The second-order valence-corrected chi connectivity index (χ2v) is 3.09. The lowest BCUT2D eigenvalue weighted by atomic mass is 10.1. The van der Waals surface area contributed by atoms with Crippen molar-refractivity contribution in [3.8, 4) is 0 Å². The van der Waals surface area contributed by atoms with E-state index < -0.39 is 0 Å². The minimum atomic E-state index is 0.340. The number of rotatable bonds is 1. The smallest absolute Gasteiger partial charge is 0.125 e. The first kappa shape index (κ1) is 7.68. The molecular formula is C9H12N3. The zero-order chi connectivity index (χ0) is 8.39. The van der Waals surface area contributed by atoms with Crippen molar-refractivity contribution in [3.63, 3.8) is 0 Å². The molecule has 2 rings (SSSR count). The SMILES string of the molecule is Cc1nccc(C2CCC[N]2)n1. The number of hydrogen-bond acceptors (Lipinski definition) is 2. The van der Waals surface area contributed by atoms with E-state index in [9.17, 15) is 0 Å². The van der Waals surface area contributed by atoms with Crippen molar-refractivity contribution >= 4 is 0 Å². The summed E-state index contributed by atoms with van der Waals surface area (Å²) >= 11 is 0. The lowest BCUT2D eigenvalue weighted by Gasteiger charge is -2.06. The van der Waals surface area contributed by atoms with Gasteiger partial charge in [0, 0.05) is 12.7 Å². The highest BCUT2D eigenvalue weighted by Gasteiger charge is 2.18. The third kappa shape index (κ3) is 1.46. The van der Waals surface area contributed by atoms with Crippen LogP contribution >= 0.6 is 0 Å². The maximum atomic E-state index is 4.46. The molecule has 1 fully saturated rings. The quantitative estimate of drug-likeness (QED) is 0.623. The van der Waals surface area contributed by atoms with Gasteiger partial charge < -0.3 is 0 Å². The molecule has 1 aliphatic rings. The topological polar surface area (TPSA) is 39.9 Å². The van der Waals surface area contributed by atoms with E-state index in [4.69, 9.17) is 0 Å². The Hall–Kier alpha value is -0.960. The van der Waals surface area contributed by atoms with Gasteiger partial charge in [0.25, 0.3) is 0 Å². The van der Waals surface area contributed by atoms with Crippen LogP contribution in [-0.4, -0.2) is 16.5 Å². The molecule has 1 aromatic heterocycles. The van der Waals surface area contributed by atoms with Crippen LogP contribution < -0.4 is 5.32 Å². The molecule has 1 aliphatic heterocycles. The second kappa shape index (κ2) is 3.19. The fourth-order valence-corrected chi connectivity index (χ4v) is 1.52. The summed E-state index contributed by atoms with van der Waals surface area (Å²) in [4.78, 5) is 8.41. The maximum absolute atomic E-state index is 4.46. The van der Waals surface area contributed by atoms with Gasteiger partial charge in [0.05, 0.1) is 11.7 Å². The first-order valence-corrected chi connectivity index (χ1v) is 4.32. The Morgan fingerprint density at radius 2 is 2.42 bits per heavy atom. The number of aryl methyl sites for hydroxylation is 1. The molecule has 0 aromatic carbocycles. The van der Waals surface area contributed by atoms with Crippen molar-refractivity contribution in [2.75, 3.05) is 6.54 Å². The average Bonchev–Trinajstić information content (AvgIpc) is 2.56. The Morgan fingerprint density at radius 3 is 3.08 bits per heavy atom. The standard InChI is InChI=1S/C9H12N3/c1-7-10-6-4-9(12-7)8-3-2-5-11-8/h4,6,8H,2-3,5H2,1H3. The summed E-state index contributed by atoms with van der Waals surface area (Å²) in [5.41, 5.74) is 1.08. The van der Waals surface area contributed by atoms with Crippen molar-refractivity contribution in [2.24, 2.45) is 0 Å². The van der Waals surface area contributed by atoms with Gasteiger partial charge in [-0.2, -0.15) is 0 Å². The Labute approximate surface area is 72.2 Å². The second-order valence-electron chi connectivity index (χ2n) is 3.09. The van der Waals surface area contributed by atoms with Crippen LogP contribution in [0.2, 0.25) is 0 Å². The number of hydrogen-bond donors (Lipinski definition) is 0. The van der Waals surface area contributed by atoms with Crippen molar-refractivity contribution in [1.29, 1.82) is 0 Å². The summed E-state index contributed by atoms with van der Waals surface area (Å²) in [7, 11) is 0. The Bertz CT molecular complexity index is 266. The Kier molecular flexibility index (Phi) is 2.04. The molecule has 1 unspecified atom stereocenters. The van der Waals surface area contributed by atoms with Crippen molar-refractivity contribution < 1.29 is 0 Å².